The standard InChI is InChI=1S/C12H22N2O2/c1-11(2)9(12(11,3)4)10(15)13-14-5-7-16-8-6-14/h9H,5-8H2,1-4H3,(H,13,15). The maximum absolute atomic E-state index is 12.1. The van der Waals surface area contributed by atoms with Gasteiger partial charge >= 0.3 is 0 Å². The second kappa shape index (κ2) is 3.70. The van der Waals surface area contributed by atoms with Crippen molar-refractivity contribution in [1.82, 2.24) is 10.4 Å². The highest BCUT2D eigenvalue weighted by molar-refractivity contribution is 5.83. The van der Waals surface area contributed by atoms with E-state index in [1.807, 2.05) is 5.01 Å². The minimum Gasteiger partial charge on any atom is -0.379 e. The van der Waals surface area contributed by atoms with Crippen LogP contribution in [0.4, 0.5) is 0 Å². The molecule has 0 aromatic heterocycles. The monoisotopic (exact) mass is 226 g/mol. The molecular formula is C12H22N2O2. The largest absolute Gasteiger partial charge is 0.379 e. The maximum Gasteiger partial charge on any atom is 0.238 e. The Labute approximate surface area is 97.3 Å². The number of amides is 1. The van der Waals surface area contributed by atoms with Crippen molar-refractivity contribution in [3.8, 4) is 0 Å². The highest BCUT2D eigenvalue weighted by atomic mass is 16.5. The van der Waals surface area contributed by atoms with Crippen LogP contribution in [0.25, 0.3) is 0 Å². The molecule has 0 unspecified atom stereocenters. The van der Waals surface area contributed by atoms with Crippen LogP contribution in [0.3, 0.4) is 0 Å². The molecule has 0 radical (unpaired) electrons. The van der Waals surface area contributed by atoms with Crippen LogP contribution in [0.1, 0.15) is 27.7 Å². The lowest BCUT2D eigenvalue weighted by Crippen LogP contribution is -2.49. The van der Waals surface area contributed by atoms with Gasteiger partial charge in [-0.05, 0) is 10.8 Å². The molecule has 1 saturated carbocycles. The minimum absolute atomic E-state index is 0.114. The van der Waals surface area contributed by atoms with Crippen molar-refractivity contribution in [2.24, 2.45) is 16.7 Å². The van der Waals surface area contributed by atoms with E-state index >= 15 is 0 Å². The van der Waals surface area contributed by atoms with Crippen molar-refractivity contribution in [2.75, 3.05) is 26.3 Å². The summed E-state index contributed by atoms with van der Waals surface area (Å²) < 4.78 is 5.25. The number of morpholine rings is 1. The zero-order valence-corrected chi connectivity index (χ0v) is 10.7. The number of rotatable bonds is 2. The Morgan fingerprint density at radius 2 is 1.69 bits per heavy atom. The molecule has 0 aromatic carbocycles. The number of nitrogens with zero attached hydrogens (tertiary/aromatic N) is 1. The molecule has 0 aromatic rings. The van der Waals surface area contributed by atoms with Gasteiger partial charge < -0.3 is 4.74 Å². The van der Waals surface area contributed by atoms with E-state index in [4.69, 9.17) is 4.74 Å². The Morgan fingerprint density at radius 1 is 1.19 bits per heavy atom. The lowest BCUT2D eigenvalue weighted by molar-refractivity contribution is -0.130. The van der Waals surface area contributed by atoms with Crippen molar-refractivity contribution in [1.29, 1.82) is 0 Å². The molecule has 4 nitrogen and oxygen atoms in total. The Kier molecular flexibility index (Phi) is 2.75. The van der Waals surface area contributed by atoms with Crippen LogP contribution in [0.5, 0.6) is 0 Å². The van der Waals surface area contributed by atoms with E-state index in [0.717, 1.165) is 13.1 Å². The number of hydrogen-bond acceptors (Lipinski definition) is 3. The first kappa shape index (κ1) is 11.9. The summed E-state index contributed by atoms with van der Waals surface area (Å²) in [5.74, 6) is 0.291. The van der Waals surface area contributed by atoms with Gasteiger partial charge in [-0.15, -0.1) is 0 Å². The second-order valence-electron chi connectivity index (χ2n) is 5.95. The van der Waals surface area contributed by atoms with Crippen molar-refractivity contribution >= 4 is 5.91 Å². The molecule has 0 bridgehead atoms. The predicted octanol–water partition coefficient (Wildman–Crippen LogP) is 1.03. The number of nitrogens with one attached hydrogen (secondary N) is 1. The summed E-state index contributed by atoms with van der Waals surface area (Å²) in [6, 6.07) is 0. The van der Waals surface area contributed by atoms with E-state index in [-0.39, 0.29) is 22.7 Å². The van der Waals surface area contributed by atoms with E-state index in [0.29, 0.717) is 13.2 Å². The molecule has 1 aliphatic heterocycles. The third-order valence-electron chi connectivity index (χ3n) is 4.56. The topological polar surface area (TPSA) is 41.6 Å². The van der Waals surface area contributed by atoms with Gasteiger partial charge in [-0.3, -0.25) is 10.2 Å². The van der Waals surface area contributed by atoms with E-state index < -0.39 is 0 Å². The van der Waals surface area contributed by atoms with Gasteiger partial charge in [0.15, 0.2) is 0 Å². The highest BCUT2D eigenvalue weighted by Crippen LogP contribution is 2.68. The van der Waals surface area contributed by atoms with Gasteiger partial charge in [-0.25, -0.2) is 5.01 Å². The lowest BCUT2D eigenvalue weighted by Gasteiger charge is -2.27. The molecule has 2 rings (SSSR count). The predicted molar refractivity (Wildman–Crippen MR) is 61.6 cm³/mol. The van der Waals surface area contributed by atoms with E-state index in [1.165, 1.54) is 0 Å². The van der Waals surface area contributed by atoms with Crippen LogP contribution < -0.4 is 5.43 Å². The number of ether oxygens (including phenoxy) is 1. The molecular weight excluding hydrogens is 204 g/mol. The summed E-state index contributed by atoms with van der Waals surface area (Å²) in [5, 5.41) is 1.97. The molecule has 0 atom stereocenters. The summed E-state index contributed by atoms with van der Waals surface area (Å²) in [6.07, 6.45) is 0. The van der Waals surface area contributed by atoms with Crippen molar-refractivity contribution in [3.05, 3.63) is 0 Å². The third kappa shape index (κ3) is 1.74. The Balaban J connectivity index is 1.90. The van der Waals surface area contributed by atoms with Crippen molar-refractivity contribution in [3.63, 3.8) is 0 Å². The summed E-state index contributed by atoms with van der Waals surface area (Å²) in [4.78, 5) is 12.1. The van der Waals surface area contributed by atoms with Crippen molar-refractivity contribution < 1.29 is 9.53 Å². The summed E-state index contributed by atoms with van der Waals surface area (Å²) in [6.45, 7) is 11.6. The number of carbonyl (C=O) groups is 1. The normalized spacial score (nSPS) is 28.8. The van der Waals surface area contributed by atoms with Gasteiger partial charge in [-0.2, -0.15) is 0 Å². The fourth-order valence-electron chi connectivity index (χ4n) is 2.75. The lowest BCUT2D eigenvalue weighted by atomic mass is 10.0. The smallest absolute Gasteiger partial charge is 0.238 e. The van der Waals surface area contributed by atoms with Gasteiger partial charge in [0.25, 0.3) is 0 Å². The zero-order chi connectivity index (χ0) is 12.0. The van der Waals surface area contributed by atoms with E-state index in [9.17, 15) is 4.79 Å². The van der Waals surface area contributed by atoms with Crippen molar-refractivity contribution in [2.45, 2.75) is 27.7 Å². The molecule has 1 N–H and O–H groups in total. The summed E-state index contributed by atoms with van der Waals surface area (Å²) in [7, 11) is 0. The fraction of sp³-hybridized carbons (Fsp3) is 0.917. The minimum atomic E-state index is 0.114. The first-order valence-corrected chi connectivity index (χ1v) is 6.00. The molecule has 0 spiro atoms. The van der Waals surface area contributed by atoms with Gasteiger partial charge in [-0.1, -0.05) is 27.7 Å². The third-order valence-corrected chi connectivity index (χ3v) is 4.56. The maximum atomic E-state index is 12.1. The van der Waals surface area contributed by atoms with Crippen LogP contribution in [-0.2, 0) is 9.53 Å². The number of carbonyl (C=O) groups excluding carboxylic acids is 1. The van der Waals surface area contributed by atoms with Gasteiger partial charge in [0.05, 0.1) is 19.1 Å². The molecule has 4 heteroatoms. The molecule has 1 amide bonds. The first-order valence-electron chi connectivity index (χ1n) is 6.00. The second-order valence-corrected chi connectivity index (χ2v) is 5.95. The number of hydrogen-bond donors (Lipinski definition) is 1. The SMILES string of the molecule is CC1(C)C(C(=O)NN2CCOCC2)C1(C)C. The van der Waals surface area contributed by atoms with Gasteiger partial charge in [0.2, 0.25) is 5.91 Å². The Hall–Kier alpha value is -0.610. The summed E-state index contributed by atoms with van der Waals surface area (Å²) in [5.41, 5.74) is 3.24. The first-order chi connectivity index (χ1) is 7.37. The fourth-order valence-corrected chi connectivity index (χ4v) is 2.75. The van der Waals surface area contributed by atoms with Crippen LogP contribution in [0, 0.1) is 16.7 Å². The van der Waals surface area contributed by atoms with Gasteiger partial charge in [0, 0.05) is 13.1 Å². The molecule has 2 aliphatic rings. The molecule has 92 valence electrons. The highest BCUT2D eigenvalue weighted by Gasteiger charge is 2.68. The molecule has 16 heavy (non-hydrogen) atoms. The van der Waals surface area contributed by atoms with E-state index in [2.05, 4.69) is 33.1 Å². The summed E-state index contributed by atoms with van der Waals surface area (Å²) >= 11 is 0. The van der Waals surface area contributed by atoms with Crippen LogP contribution in [0.15, 0.2) is 0 Å². The number of hydrazine groups is 1. The quantitative estimate of drug-likeness (QED) is 0.764. The average Bonchev–Trinajstić information content (AvgIpc) is 2.58. The average molecular weight is 226 g/mol. The molecule has 1 aliphatic carbocycles. The molecule has 1 heterocycles. The van der Waals surface area contributed by atoms with Crippen LogP contribution in [0.2, 0.25) is 0 Å². The Morgan fingerprint density at radius 3 is 2.12 bits per heavy atom. The van der Waals surface area contributed by atoms with Crippen LogP contribution in [-0.4, -0.2) is 37.2 Å². The van der Waals surface area contributed by atoms with E-state index in [1.54, 1.807) is 0 Å². The van der Waals surface area contributed by atoms with Crippen LogP contribution >= 0.6 is 0 Å². The molecule has 2 fully saturated rings. The van der Waals surface area contributed by atoms with Gasteiger partial charge in [0.1, 0.15) is 0 Å². The Bertz CT molecular complexity index is 279. The molecule has 1 saturated heterocycles. The zero-order valence-electron chi connectivity index (χ0n) is 10.7.